The molecule has 1 N–H and O–H groups in total. The van der Waals surface area contributed by atoms with E-state index in [4.69, 9.17) is 9.15 Å². The van der Waals surface area contributed by atoms with Gasteiger partial charge in [0.2, 0.25) is 5.89 Å². The van der Waals surface area contributed by atoms with Crippen LogP contribution in [0.2, 0.25) is 0 Å². The van der Waals surface area contributed by atoms with Gasteiger partial charge in [0.15, 0.2) is 0 Å². The van der Waals surface area contributed by atoms with Crippen LogP contribution in [0.25, 0.3) is 0 Å². The molecule has 0 aliphatic rings. The second-order valence-corrected chi connectivity index (χ2v) is 3.83. The van der Waals surface area contributed by atoms with Gasteiger partial charge in [-0.15, -0.1) is 0 Å². The van der Waals surface area contributed by atoms with E-state index in [1.165, 1.54) is 0 Å². The molecule has 0 saturated carbocycles. The summed E-state index contributed by atoms with van der Waals surface area (Å²) in [7, 11) is 1.65. The van der Waals surface area contributed by atoms with E-state index >= 15 is 0 Å². The van der Waals surface area contributed by atoms with Crippen LogP contribution in [-0.2, 0) is 6.54 Å². The molecule has 0 saturated heterocycles. The first-order valence-corrected chi connectivity index (χ1v) is 5.50. The first-order chi connectivity index (χ1) is 8.19. The molecule has 0 radical (unpaired) electrons. The van der Waals surface area contributed by atoms with Gasteiger partial charge in [-0.25, -0.2) is 4.98 Å². The Morgan fingerprint density at radius 3 is 2.82 bits per heavy atom. The minimum atomic E-state index is 0.571. The molecule has 2 aromatic rings. The number of ether oxygens (including phenoxy) is 1. The Hall–Kier alpha value is -1.97. The Kier molecular flexibility index (Phi) is 3.32. The van der Waals surface area contributed by atoms with Gasteiger partial charge in [-0.05, 0) is 26.0 Å². The highest BCUT2D eigenvalue weighted by molar-refractivity contribution is 5.48. The fraction of sp³-hybridized carbons (Fsp3) is 0.308. The van der Waals surface area contributed by atoms with Gasteiger partial charge in [0, 0.05) is 11.8 Å². The summed E-state index contributed by atoms with van der Waals surface area (Å²) in [6.45, 7) is 4.42. The normalized spacial score (nSPS) is 10.3. The average molecular weight is 232 g/mol. The molecule has 1 aromatic heterocycles. The number of nitrogens with one attached hydrogen (secondary N) is 1. The zero-order valence-corrected chi connectivity index (χ0v) is 10.3. The van der Waals surface area contributed by atoms with Gasteiger partial charge < -0.3 is 14.5 Å². The summed E-state index contributed by atoms with van der Waals surface area (Å²) >= 11 is 0. The van der Waals surface area contributed by atoms with Gasteiger partial charge in [0.05, 0.1) is 19.3 Å². The number of aromatic nitrogens is 1. The van der Waals surface area contributed by atoms with Crippen LogP contribution in [-0.4, -0.2) is 12.1 Å². The lowest BCUT2D eigenvalue weighted by molar-refractivity contribution is 0.415. The smallest absolute Gasteiger partial charge is 0.213 e. The minimum absolute atomic E-state index is 0.571. The van der Waals surface area contributed by atoms with Crippen LogP contribution in [0.5, 0.6) is 5.75 Å². The third-order valence-corrected chi connectivity index (χ3v) is 2.59. The van der Waals surface area contributed by atoms with E-state index in [2.05, 4.69) is 10.3 Å². The van der Waals surface area contributed by atoms with E-state index < -0.39 is 0 Å². The largest absolute Gasteiger partial charge is 0.497 e. The molecular weight excluding hydrogens is 216 g/mol. The number of methoxy groups -OCH3 is 1. The van der Waals surface area contributed by atoms with Crippen molar-refractivity contribution in [1.82, 2.24) is 4.98 Å². The van der Waals surface area contributed by atoms with Crippen molar-refractivity contribution < 1.29 is 9.15 Å². The number of oxazole rings is 1. The maximum Gasteiger partial charge on any atom is 0.213 e. The Morgan fingerprint density at radius 2 is 2.18 bits per heavy atom. The van der Waals surface area contributed by atoms with Crippen molar-refractivity contribution in [3.05, 3.63) is 41.6 Å². The molecule has 0 amide bonds. The van der Waals surface area contributed by atoms with Crippen molar-refractivity contribution in [2.75, 3.05) is 12.4 Å². The number of hydrogen-bond acceptors (Lipinski definition) is 4. The summed E-state index contributed by atoms with van der Waals surface area (Å²) in [6.07, 6.45) is 0. The first kappa shape index (κ1) is 11.5. The molecule has 90 valence electrons. The van der Waals surface area contributed by atoms with Crippen LogP contribution in [0, 0.1) is 13.8 Å². The lowest BCUT2D eigenvalue weighted by atomic mass is 10.3. The van der Waals surface area contributed by atoms with Crippen LogP contribution in [0.15, 0.2) is 28.7 Å². The van der Waals surface area contributed by atoms with Crippen LogP contribution >= 0.6 is 0 Å². The predicted molar refractivity (Wildman–Crippen MR) is 66.3 cm³/mol. The third-order valence-electron chi connectivity index (χ3n) is 2.59. The van der Waals surface area contributed by atoms with E-state index in [0.717, 1.165) is 22.9 Å². The zero-order valence-electron chi connectivity index (χ0n) is 10.3. The highest BCUT2D eigenvalue weighted by atomic mass is 16.5. The molecule has 0 spiro atoms. The van der Waals surface area contributed by atoms with Gasteiger partial charge >= 0.3 is 0 Å². The van der Waals surface area contributed by atoms with Crippen LogP contribution in [0.4, 0.5) is 5.69 Å². The van der Waals surface area contributed by atoms with Gasteiger partial charge in [-0.2, -0.15) is 0 Å². The standard InChI is InChI=1S/C13H16N2O2/c1-9-10(2)17-13(15-9)8-14-11-5-4-6-12(7-11)16-3/h4-7,14H,8H2,1-3H3. The van der Waals surface area contributed by atoms with Crippen LogP contribution in [0.3, 0.4) is 0 Å². The van der Waals surface area contributed by atoms with Crippen molar-refractivity contribution in [2.24, 2.45) is 0 Å². The lowest BCUT2D eigenvalue weighted by Crippen LogP contribution is -1.99. The van der Waals surface area contributed by atoms with Crippen molar-refractivity contribution >= 4 is 5.69 Å². The Bertz CT molecular complexity index is 486. The van der Waals surface area contributed by atoms with Crippen molar-refractivity contribution in [3.8, 4) is 5.75 Å². The molecule has 0 fully saturated rings. The number of anilines is 1. The molecule has 2 rings (SSSR count). The zero-order chi connectivity index (χ0) is 12.3. The summed E-state index contributed by atoms with van der Waals surface area (Å²) in [5, 5.41) is 3.24. The summed E-state index contributed by atoms with van der Waals surface area (Å²) < 4.78 is 10.6. The molecule has 17 heavy (non-hydrogen) atoms. The number of hydrogen-bond donors (Lipinski definition) is 1. The summed E-state index contributed by atoms with van der Waals surface area (Å²) in [5.41, 5.74) is 1.92. The fourth-order valence-electron chi connectivity index (χ4n) is 1.53. The molecule has 0 aliphatic carbocycles. The first-order valence-electron chi connectivity index (χ1n) is 5.50. The predicted octanol–water partition coefficient (Wildman–Crippen LogP) is 2.91. The average Bonchev–Trinajstić information content (AvgIpc) is 2.67. The second kappa shape index (κ2) is 4.91. The minimum Gasteiger partial charge on any atom is -0.497 e. The van der Waals surface area contributed by atoms with Crippen molar-refractivity contribution in [1.29, 1.82) is 0 Å². The van der Waals surface area contributed by atoms with Crippen LogP contribution in [0.1, 0.15) is 17.3 Å². The Balaban J connectivity index is 2.01. The quantitative estimate of drug-likeness (QED) is 0.880. The molecule has 0 aliphatic heterocycles. The Labute approximate surface area is 101 Å². The third kappa shape index (κ3) is 2.78. The SMILES string of the molecule is COc1cccc(NCc2nc(C)c(C)o2)c1. The van der Waals surface area contributed by atoms with Gasteiger partial charge in [0.1, 0.15) is 11.5 Å². The lowest BCUT2D eigenvalue weighted by Gasteiger charge is -2.05. The van der Waals surface area contributed by atoms with Gasteiger partial charge in [-0.1, -0.05) is 6.07 Å². The molecular formula is C13H16N2O2. The van der Waals surface area contributed by atoms with Crippen LogP contribution < -0.4 is 10.1 Å². The molecule has 0 bridgehead atoms. The van der Waals surface area contributed by atoms with E-state index in [-0.39, 0.29) is 0 Å². The number of aryl methyl sites for hydroxylation is 2. The highest BCUT2D eigenvalue weighted by Gasteiger charge is 2.05. The highest BCUT2D eigenvalue weighted by Crippen LogP contribution is 2.17. The topological polar surface area (TPSA) is 47.3 Å². The fourth-order valence-corrected chi connectivity index (χ4v) is 1.53. The number of benzene rings is 1. The van der Waals surface area contributed by atoms with Crippen molar-refractivity contribution in [2.45, 2.75) is 20.4 Å². The summed E-state index contributed by atoms with van der Waals surface area (Å²) in [5.74, 6) is 2.39. The molecule has 4 nitrogen and oxygen atoms in total. The van der Waals surface area contributed by atoms with Gasteiger partial charge in [-0.3, -0.25) is 0 Å². The summed E-state index contributed by atoms with van der Waals surface area (Å²) in [6, 6.07) is 7.76. The monoisotopic (exact) mass is 232 g/mol. The number of rotatable bonds is 4. The second-order valence-electron chi connectivity index (χ2n) is 3.83. The molecule has 0 unspecified atom stereocenters. The van der Waals surface area contributed by atoms with Crippen molar-refractivity contribution in [3.63, 3.8) is 0 Å². The molecule has 4 heteroatoms. The number of nitrogens with zero attached hydrogens (tertiary/aromatic N) is 1. The molecule has 1 heterocycles. The summed E-state index contributed by atoms with van der Waals surface area (Å²) in [4.78, 5) is 4.31. The van der Waals surface area contributed by atoms with Gasteiger partial charge in [0.25, 0.3) is 0 Å². The molecule has 1 aromatic carbocycles. The van der Waals surface area contributed by atoms with E-state index in [1.54, 1.807) is 7.11 Å². The van der Waals surface area contributed by atoms with E-state index in [9.17, 15) is 0 Å². The maximum atomic E-state index is 5.49. The maximum absolute atomic E-state index is 5.49. The van der Waals surface area contributed by atoms with E-state index in [1.807, 2.05) is 38.1 Å². The van der Waals surface area contributed by atoms with E-state index in [0.29, 0.717) is 12.4 Å². The Morgan fingerprint density at radius 1 is 1.35 bits per heavy atom. The molecule has 0 atom stereocenters.